The number of H-pyrrole nitrogens is 1. The zero-order valence-electron chi connectivity index (χ0n) is 10.5. The van der Waals surface area contributed by atoms with Gasteiger partial charge in [0, 0.05) is 18.2 Å². The van der Waals surface area contributed by atoms with Crippen LogP contribution in [0.2, 0.25) is 0 Å². The summed E-state index contributed by atoms with van der Waals surface area (Å²) in [6, 6.07) is 6.43. The molecule has 0 unspecified atom stereocenters. The van der Waals surface area contributed by atoms with Crippen molar-refractivity contribution in [1.29, 1.82) is 0 Å². The molecule has 110 valence electrons. The Hall–Kier alpha value is -3.23. The van der Waals surface area contributed by atoms with Gasteiger partial charge < -0.3 is 19.7 Å². The maximum Gasteiger partial charge on any atom is 0.514 e. The molecule has 1 aromatic carbocycles. The summed E-state index contributed by atoms with van der Waals surface area (Å²) in [7, 11) is 0. The minimum atomic E-state index is -1.09. The Balaban J connectivity index is 1.89. The first-order valence-electron chi connectivity index (χ1n) is 5.64. The predicted molar refractivity (Wildman–Crippen MR) is 68.0 cm³/mol. The Morgan fingerprint density at radius 1 is 1.29 bits per heavy atom. The van der Waals surface area contributed by atoms with Crippen LogP contribution >= 0.6 is 0 Å². The number of benzene rings is 1. The molecule has 0 spiro atoms. The number of nitro groups is 1. The van der Waals surface area contributed by atoms with Crippen molar-refractivity contribution in [2.24, 2.45) is 0 Å². The van der Waals surface area contributed by atoms with Gasteiger partial charge in [0.15, 0.2) is 11.6 Å². The summed E-state index contributed by atoms with van der Waals surface area (Å²) in [6.45, 7) is -0.159. The molecule has 0 saturated carbocycles. The van der Waals surface area contributed by atoms with Crippen LogP contribution in [0.3, 0.4) is 0 Å². The van der Waals surface area contributed by atoms with Crippen LogP contribution in [0.15, 0.2) is 30.3 Å². The highest BCUT2D eigenvalue weighted by Crippen LogP contribution is 2.29. The molecule has 2 rings (SSSR count). The van der Waals surface area contributed by atoms with Crippen LogP contribution in [0.25, 0.3) is 0 Å². The Morgan fingerprint density at radius 2 is 1.95 bits per heavy atom. The van der Waals surface area contributed by atoms with Crippen molar-refractivity contribution in [3.05, 3.63) is 46.0 Å². The fraction of sp³-hybridized carbons (Fsp3) is 0.0833. The number of hydrogen-bond acceptors (Lipinski definition) is 7. The Morgan fingerprint density at radius 3 is 2.48 bits per heavy atom. The summed E-state index contributed by atoms with van der Waals surface area (Å²) in [4.78, 5) is 23.4. The van der Waals surface area contributed by atoms with Crippen molar-refractivity contribution in [2.75, 3.05) is 0 Å². The molecule has 3 N–H and O–H groups in total. The second-order valence-corrected chi connectivity index (χ2v) is 3.93. The van der Waals surface area contributed by atoms with Crippen molar-refractivity contribution < 1.29 is 29.4 Å². The number of aromatic nitrogens is 1. The van der Waals surface area contributed by atoms with Crippen molar-refractivity contribution in [3.8, 4) is 17.5 Å². The number of aromatic amines is 1. The second kappa shape index (κ2) is 5.82. The smallest absolute Gasteiger partial charge is 0.494 e. The quantitative estimate of drug-likeness (QED) is 0.446. The van der Waals surface area contributed by atoms with E-state index in [0.717, 1.165) is 6.07 Å². The number of nitrogens with zero attached hydrogens (tertiary/aromatic N) is 1. The van der Waals surface area contributed by atoms with Crippen LogP contribution in [0.5, 0.6) is 17.5 Å². The molecule has 0 saturated heterocycles. The number of hydrogen-bond donors (Lipinski definition) is 3. The number of aromatic hydroxyl groups is 2. The molecule has 1 heterocycles. The van der Waals surface area contributed by atoms with Gasteiger partial charge in [-0.15, -0.1) is 0 Å². The highest BCUT2D eigenvalue weighted by atomic mass is 16.7. The third kappa shape index (κ3) is 3.62. The molecule has 21 heavy (non-hydrogen) atoms. The number of nitro benzene ring substituents is 1. The first kappa shape index (κ1) is 14.2. The van der Waals surface area contributed by atoms with Crippen molar-refractivity contribution >= 4 is 11.8 Å². The summed E-state index contributed by atoms with van der Waals surface area (Å²) in [5.41, 5.74) is 0.452. The van der Waals surface area contributed by atoms with Crippen molar-refractivity contribution in [3.63, 3.8) is 0 Å². The molecular formula is C12H10N2O7. The van der Waals surface area contributed by atoms with Crippen LogP contribution in [-0.2, 0) is 11.3 Å². The molecule has 0 aliphatic rings. The number of carbonyl (C=O) groups is 1. The standard InChI is InChI=1S/C12H10N2O7/c15-10-5-9(11(16)13-10)21-12(17)20-6-7-1-3-8(4-2-7)14(18)19/h1-5,13,15-16H,6H2. The van der Waals surface area contributed by atoms with Crippen LogP contribution in [0, 0.1) is 10.1 Å². The van der Waals surface area contributed by atoms with Crippen LogP contribution in [-0.4, -0.2) is 26.3 Å². The molecule has 0 bridgehead atoms. The first-order valence-corrected chi connectivity index (χ1v) is 5.64. The summed E-state index contributed by atoms with van der Waals surface area (Å²) >= 11 is 0. The second-order valence-electron chi connectivity index (χ2n) is 3.93. The van der Waals surface area contributed by atoms with Crippen LogP contribution in [0.4, 0.5) is 10.5 Å². The topological polar surface area (TPSA) is 135 Å². The van der Waals surface area contributed by atoms with Gasteiger partial charge in [0.2, 0.25) is 5.88 Å². The van der Waals surface area contributed by atoms with Crippen molar-refractivity contribution in [1.82, 2.24) is 4.98 Å². The fourth-order valence-corrected chi connectivity index (χ4v) is 1.46. The SMILES string of the molecule is O=C(OCc1ccc([N+](=O)[O-])cc1)Oc1cc(O)[nH]c1O. The highest BCUT2D eigenvalue weighted by Gasteiger charge is 2.14. The number of ether oxygens (including phenoxy) is 2. The van der Waals surface area contributed by atoms with E-state index >= 15 is 0 Å². The molecule has 0 radical (unpaired) electrons. The lowest BCUT2D eigenvalue weighted by molar-refractivity contribution is -0.384. The minimum absolute atomic E-state index is 0.0750. The van der Waals surface area contributed by atoms with Gasteiger partial charge in [0.25, 0.3) is 5.69 Å². The van der Waals surface area contributed by atoms with E-state index < -0.39 is 17.0 Å². The lowest BCUT2D eigenvalue weighted by Gasteiger charge is -2.04. The summed E-state index contributed by atoms with van der Waals surface area (Å²) in [5, 5.41) is 28.7. The molecular weight excluding hydrogens is 284 g/mol. The molecule has 9 nitrogen and oxygen atoms in total. The Labute approximate surface area is 117 Å². The van der Waals surface area contributed by atoms with Crippen LogP contribution < -0.4 is 4.74 Å². The maximum absolute atomic E-state index is 11.4. The minimum Gasteiger partial charge on any atom is -0.494 e. The van der Waals surface area contributed by atoms with E-state index in [1.54, 1.807) is 0 Å². The van der Waals surface area contributed by atoms with Gasteiger partial charge in [-0.25, -0.2) is 4.79 Å². The maximum atomic E-state index is 11.4. The average Bonchev–Trinajstić information content (AvgIpc) is 2.75. The molecule has 2 aromatic rings. The Kier molecular flexibility index (Phi) is 3.93. The highest BCUT2D eigenvalue weighted by molar-refractivity contribution is 5.65. The predicted octanol–water partition coefficient (Wildman–Crippen LogP) is 2.05. The summed E-state index contributed by atoms with van der Waals surface area (Å²) in [5.74, 6) is -1.16. The van der Waals surface area contributed by atoms with Gasteiger partial charge >= 0.3 is 6.16 Å². The number of non-ortho nitro benzene ring substituents is 1. The first-order chi connectivity index (χ1) is 9.95. The van der Waals surface area contributed by atoms with E-state index in [0.29, 0.717) is 5.56 Å². The Bertz CT molecular complexity index is 663. The third-order valence-electron chi connectivity index (χ3n) is 2.44. The van der Waals surface area contributed by atoms with Gasteiger partial charge in [0.05, 0.1) is 4.92 Å². The lowest BCUT2D eigenvalue weighted by atomic mass is 10.2. The van der Waals surface area contributed by atoms with E-state index in [-0.39, 0.29) is 23.9 Å². The zero-order valence-corrected chi connectivity index (χ0v) is 10.5. The van der Waals surface area contributed by atoms with E-state index in [2.05, 4.69) is 9.72 Å². The van der Waals surface area contributed by atoms with E-state index in [1.807, 2.05) is 0 Å². The number of rotatable bonds is 4. The van der Waals surface area contributed by atoms with Gasteiger partial charge in [-0.05, 0) is 17.7 Å². The van der Waals surface area contributed by atoms with Crippen LogP contribution in [0.1, 0.15) is 5.56 Å². The number of nitrogens with one attached hydrogen (secondary N) is 1. The summed E-state index contributed by atoms with van der Waals surface area (Å²) < 4.78 is 9.40. The molecule has 0 atom stereocenters. The monoisotopic (exact) mass is 294 g/mol. The zero-order chi connectivity index (χ0) is 15.4. The van der Waals surface area contributed by atoms with Gasteiger partial charge in [-0.3, -0.25) is 15.1 Å². The largest absolute Gasteiger partial charge is 0.514 e. The van der Waals surface area contributed by atoms with Gasteiger partial charge in [-0.2, -0.15) is 0 Å². The fourth-order valence-electron chi connectivity index (χ4n) is 1.46. The normalized spacial score (nSPS) is 10.1. The lowest BCUT2D eigenvalue weighted by Crippen LogP contribution is -2.10. The van der Waals surface area contributed by atoms with Gasteiger partial charge in [0.1, 0.15) is 6.61 Å². The molecule has 1 aromatic heterocycles. The molecule has 0 fully saturated rings. The molecule has 0 aliphatic heterocycles. The molecule has 9 heteroatoms. The number of carbonyl (C=O) groups excluding carboxylic acids is 1. The summed E-state index contributed by atoms with van der Waals surface area (Å²) in [6.07, 6.45) is -1.09. The van der Waals surface area contributed by atoms with E-state index in [1.165, 1.54) is 24.3 Å². The molecule has 0 amide bonds. The molecule has 0 aliphatic carbocycles. The van der Waals surface area contributed by atoms with Gasteiger partial charge in [-0.1, -0.05) is 0 Å². The average molecular weight is 294 g/mol. The third-order valence-corrected chi connectivity index (χ3v) is 2.44. The van der Waals surface area contributed by atoms with E-state index in [9.17, 15) is 20.0 Å². The van der Waals surface area contributed by atoms with E-state index in [4.69, 9.17) is 9.84 Å². The van der Waals surface area contributed by atoms with Crippen molar-refractivity contribution in [2.45, 2.75) is 6.61 Å².